The summed E-state index contributed by atoms with van der Waals surface area (Å²) >= 11 is 0. The fourth-order valence-corrected chi connectivity index (χ4v) is 1.19. The van der Waals surface area contributed by atoms with Gasteiger partial charge in [-0.3, -0.25) is 0 Å². The summed E-state index contributed by atoms with van der Waals surface area (Å²) in [5.41, 5.74) is -0.345. The van der Waals surface area contributed by atoms with Crippen molar-refractivity contribution >= 4 is 5.97 Å². The van der Waals surface area contributed by atoms with Gasteiger partial charge >= 0.3 is 12.1 Å². The molecular formula is C9H6F5NO2. The van der Waals surface area contributed by atoms with Crippen LogP contribution in [0.4, 0.5) is 22.0 Å². The van der Waals surface area contributed by atoms with Crippen LogP contribution in [-0.4, -0.2) is 17.3 Å². The molecule has 0 saturated carbocycles. The zero-order valence-electron chi connectivity index (χ0n) is 8.05. The van der Waals surface area contributed by atoms with Crippen LogP contribution in [0.2, 0.25) is 0 Å². The van der Waals surface area contributed by atoms with Crippen LogP contribution in [0.5, 0.6) is 0 Å². The predicted molar refractivity (Wildman–Crippen MR) is 45.9 cm³/mol. The van der Waals surface area contributed by atoms with Crippen molar-refractivity contribution in [3.8, 4) is 0 Å². The van der Waals surface area contributed by atoms with Crippen molar-refractivity contribution in [2.75, 3.05) is 0 Å². The van der Waals surface area contributed by atoms with E-state index in [4.69, 9.17) is 10.8 Å². The maximum atomic E-state index is 12.8. The van der Waals surface area contributed by atoms with Gasteiger partial charge in [0, 0.05) is 6.07 Å². The molecule has 0 unspecified atom stereocenters. The molecule has 0 aliphatic heterocycles. The zero-order valence-corrected chi connectivity index (χ0v) is 8.05. The van der Waals surface area contributed by atoms with Crippen molar-refractivity contribution in [1.82, 2.24) is 0 Å². The Balaban J connectivity index is 3.49. The first kappa shape index (κ1) is 13.4. The van der Waals surface area contributed by atoms with E-state index in [2.05, 4.69) is 0 Å². The molecule has 0 aliphatic rings. The number of carbonyl (C=O) groups is 1. The van der Waals surface area contributed by atoms with Crippen LogP contribution in [0.15, 0.2) is 18.2 Å². The number of benzene rings is 1. The van der Waals surface area contributed by atoms with Crippen molar-refractivity contribution < 1.29 is 31.9 Å². The minimum absolute atomic E-state index is 0.227. The summed E-state index contributed by atoms with van der Waals surface area (Å²) in [6, 6.07) is 0.761. The van der Waals surface area contributed by atoms with Gasteiger partial charge in [-0.05, 0) is 17.7 Å². The lowest BCUT2D eigenvalue weighted by molar-refractivity contribution is -0.204. The van der Waals surface area contributed by atoms with E-state index in [1.165, 1.54) is 0 Å². The van der Waals surface area contributed by atoms with Gasteiger partial charge in [0.2, 0.25) is 5.54 Å². The van der Waals surface area contributed by atoms with E-state index >= 15 is 0 Å². The van der Waals surface area contributed by atoms with E-state index in [1.807, 2.05) is 0 Å². The fourth-order valence-electron chi connectivity index (χ4n) is 1.19. The number of hydrogen-bond donors (Lipinski definition) is 2. The Bertz CT molecular complexity index is 439. The molecule has 0 bridgehead atoms. The molecule has 1 aromatic rings. The van der Waals surface area contributed by atoms with Gasteiger partial charge in [-0.2, -0.15) is 13.2 Å². The second kappa shape index (κ2) is 3.95. The van der Waals surface area contributed by atoms with E-state index in [0.717, 1.165) is 0 Å². The molecule has 1 atom stereocenters. The SMILES string of the molecule is N[C@](C(=O)O)(c1cc(F)cc(F)c1)C(F)(F)F. The van der Waals surface area contributed by atoms with E-state index in [1.54, 1.807) is 0 Å². The maximum Gasteiger partial charge on any atom is 0.421 e. The monoisotopic (exact) mass is 255 g/mol. The highest BCUT2D eigenvalue weighted by Gasteiger charge is 2.59. The van der Waals surface area contributed by atoms with Gasteiger partial charge in [0.15, 0.2) is 0 Å². The van der Waals surface area contributed by atoms with Gasteiger partial charge in [-0.1, -0.05) is 0 Å². The first-order valence-electron chi connectivity index (χ1n) is 4.14. The van der Waals surface area contributed by atoms with Gasteiger partial charge in [0.25, 0.3) is 0 Å². The molecule has 0 aromatic heterocycles. The van der Waals surface area contributed by atoms with Crippen molar-refractivity contribution in [2.24, 2.45) is 5.73 Å². The number of halogens is 5. The largest absolute Gasteiger partial charge is 0.479 e. The molecule has 0 radical (unpaired) electrons. The second-order valence-corrected chi connectivity index (χ2v) is 3.27. The Morgan fingerprint density at radius 1 is 1.12 bits per heavy atom. The third-order valence-electron chi connectivity index (χ3n) is 2.10. The minimum Gasteiger partial charge on any atom is -0.479 e. The summed E-state index contributed by atoms with van der Waals surface area (Å²) in [6.07, 6.45) is -5.39. The summed E-state index contributed by atoms with van der Waals surface area (Å²) < 4.78 is 63.2. The minimum atomic E-state index is -5.39. The normalized spacial score (nSPS) is 15.4. The molecule has 0 aliphatic carbocycles. The Morgan fingerprint density at radius 3 is 1.82 bits per heavy atom. The van der Waals surface area contributed by atoms with Crippen LogP contribution >= 0.6 is 0 Å². The number of carboxylic acids is 1. The molecule has 0 spiro atoms. The van der Waals surface area contributed by atoms with E-state index < -0.39 is 34.9 Å². The van der Waals surface area contributed by atoms with Gasteiger partial charge in [-0.25, -0.2) is 13.6 Å². The summed E-state index contributed by atoms with van der Waals surface area (Å²) in [5.74, 6) is -5.14. The standard InChI is InChI=1S/C9H6F5NO2/c10-5-1-4(2-6(11)3-5)8(15,7(16)17)9(12,13)14/h1-3H,15H2,(H,16,17)/t8-/m0/s1. The van der Waals surface area contributed by atoms with Crippen LogP contribution in [0, 0.1) is 11.6 Å². The number of hydrogen-bond acceptors (Lipinski definition) is 2. The summed E-state index contributed by atoms with van der Waals surface area (Å²) in [7, 11) is 0. The Morgan fingerprint density at radius 2 is 1.53 bits per heavy atom. The second-order valence-electron chi connectivity index (χ2n) is 3.27. The average Bonchev–Trinajstić information content (AvgIpc) is 2.12. The van der Waals surface area contributed by atoms with Gasteiger partial charge in [0.05, 0.1) is 0 Å². The molecule has 1 rings (SSSR count). The molecule has 0 heterocycles. The quantitative estimate of drug-likeness (QED) is 0.791. The molecule has 0 saturated heterocycles. The van der Waals surface area contributed by atoms with Crippen LogP contribution in [-0.2, 0) is 10.3 Å². The zero-order chi connectivity index (χ0) is 13.4. The first-order valence-corrected chi connectivity index (χ1v) is 4.14. The van der Waals surface area contributed by atoms with Crippen LogP contribution in [0.3, 0.4) is 0 Å². The lowest BCUT2D eigenvalue weighted by atomic mass is 9.90. The smallest absolute Gasteiger partial charge is 0.421 e. The van der Waals surface area contributed by atoms with Crippen molar-refractivity contribution in [2.45, 2.75) is 11.7 Å². The van der Waals surface area contributed by atoms with Crippen LogP contribution in [0.25, 0.3) is 0 Å². The van der Waals surface area contributed by atoms with Gasteiger partial charge in [-0.15, -0.1) is 0 Å². The van der Waals surface area contributed by atoms with Crippen molar-refractivity contribution in [3.63, 3.8) is 0 Å². The Hall–Kier alpha value is -1.70. The molecule has 8 heteroatoms. The van der Waals surface area contributed by atoms with Crippen molar-refractivity contribution in [3.05, 3.63) is 35.4 Å². The van der Waals surface area contributed by atoms with E-state index in [9.17, 15) is 26.7 Å². The number of carboxylic acid groups (broad SMARTS) is 1. The Labute approximate surface area is 91.6 Å². The van der Waals surface area contributed by atoms with Crippen LogP contribution in [0.1, 0.15) is 5.56 Å². The van der Waals surface area contributed by atoms with E-state index in [0.29, 0.717) is 6.07 Å². The molecule has 17 heavy (non-hydrogen) atoms. The van der Waals surface area contributed by atoms with Gasteiger partial charge in [0.1, 0.15) is 11.6 Å². The molecule has 94 valence electrons. The molecule has 3 N–H and O–H groups in total. The summed E-state index contributed by atoms with van der Waals surface area (Å²) in [6.45, 7) is 0. The van der Waals surface area contributed by atoms with E-state index in [-0.39, 0.29) is 12.1 Å². The third kappa shape index (κ3) is 2.21. The van der Waals surface area contributed by atoms with Crippen LogP contribution < -0.4 is 5.73 Å². The molecule has 0 fully saturated rings. The summed E-state index contributed by atoms with van der Waals surface area (Å²) in [4.78, 5) is 10.6. The highest BCUT2D eigenvalue weighted by molar-refractivity contribution is 5.81. The highest BCUT2D eigenvalue weighted by atomic mass is 19.4. The highest BCUT2D eigenvalue weighted by Crippen LogP contribution is 2.37. The third-order valence-corrected chi connectivity index (χ3v) is 2.10. The lowest BCUT2D eigenvalue weighted by Crippen LogP contribution is -2.56. The number of rotatable bonds is 2. The molecule has 3 nitrogen and oxygen atoms in total. The molecular weight excluding hydrogens is 249 g/mol. The number of alkyl halides is 3. The fraction of sp³-hybridized carbons (Fsp3) is 0.222. The first-order chi connectivity index (χ1) is 7.59. The number of aliphatic carboxylic acids is 1. The van der Waals surface area contributed by atoms with Crippen molar-refractivity contribution in [1.29, 1.82) is 0 Å². The maximum absolute atomic E-state index is 12.8. The Kier molecular flexibility index (Phi) is 3.11. The lowest BCUT2D eigenvalue weighted by Gasteiger charge is -2.27. The molecule has 1 aromatic carbocycles. The number of nitrogens with two attached hydrogens (primary N) is 1. The summed E-state index contributed by atoms with van der Waals surface area (Å²) in [5, 5.41) is 8.51. The van der Waals surface area contributed by atoms with Gasteiger partial charge < -0.3 is 10.8 Å². The predicted octanol–water partition coefficient (Wildman–Crippen LogP) is 1.77. The molecule has 0 amide bonds. The topological polar surface area (TPSA) is 63.3 Å². The average molecular weight is 255 g/mol.